The predicted molar refractivity (Wildman–Crippen MR) is 79.9 cm³/mol. The van der Waals surface area contributed by atoms with Crippen LogP contribution in [0, 0.1) is 5.92 Å². The van der Waals surface area contributed by atoms with Crippen LogP contribution in [0.4, 0.5) is 0 Å². The molecule has 1 nitrogen and oxygen atoms in total. The van der Waals surface area contributed by atoms with Gasteiger partial charge in [0.15, 0.2) is 5.78 Å². The second kappa shape index (κ2) is 5.00. The van der Waals surface area contributed by atoms with E-state index in [4.69, 9.17) is 0 Å². The summed E-state index contributed by atoms with van der Waals surface area (Å²) in [6.45, 7) is 2.04. The first-order chi connectivity index (χ1) is 9.24. The molecule has 0 heterocycles. The Balaban J connectivity index is 1.98. The maximum atomic E-state index is 12.1. The highest BCUT2D eigenvalue weighted by Crippen LogP contribution is 2.27. The fraction of sp³-hybridized carbons (Fsp3) is 0.278. The molecule has 0 N–H and O–H groups in total. The minimum absolute atomic E-state index is 0.195. The Hall–Kier alpha value is -1.89. The van der Waals surface area contributed by atoms with Gasteiger partial charge in [-0.3, -0.25) is 4.79 Å². The molecule has 1 atom stereocenters. The van der Waals surface area contributed by atoms with Gasteiger partial charge in [0.1, 0.15) is 0 Å². The first kappa shape index (κ1) is 12.2. The van der Waals surface area contributed by atoms with Crippen LogP contribution in [0.3, 0.4) is 0 Å². The quantitative estimate of drug-likeness (QED) is 0.675. The van der Waals surface area contributed by atoms with Crippen molar-refractivity contribution in [2.75, 3.05) is 0 Å². The Kier molecular flexibility index (Phi) is 3.20. The number of carbonyl (C=O) groups is 1. The van der Waals surface area contributed by atoms with Crippen LogP contribution in [0.2, 0.25) is 0 Å². The summed E-state index contributed by atoms with van der Waals surface area (Å²) < 4.78 is 0. The Labute approximate surface area is 113 Å². The van der Waals surface area contributed by atoms with Crippen molar-refractivity contribution in [2.45, 2.75) is 26.2 Å². The summed E-state index contributed by atoms with van der Waals surface area (Å²) in [4.78, 5) is 12.1. The van der Waals surface area contributed by atoms with Gasteiger partial charge in [-0.1, -0.05) is 43.3 Å². The molecule has 0 aromatic heterocycles. The van der Waals surface area contributed by atoms with Crippen LogP contribution in [0.15, 0.2) is 48.0 Å². The van der Waals surface area contributed by atoms with Crippen LogP contribution in [-0.2, 0) is 4.79 Å². The fourth-order valence-electron chi connectivity index (χ4n) is 2.81. The lowest BCUT2D eigenvalue weighted by Crippen LogP contribution is -2.18. The summed E-state index contributed by atoms with van der Waals surface area (Å²) in [5.74, 6) is 0.528. The Morgan fingerprint density at radius 3 is 2.74 bits per heavy atom. The van der Waals surface area contributed by atoms with E-state index in [9.17, 15) is 4.79 Å². The van der Waals surface area contributed by atoms with Crippen molar-refractivity contribution >= 4 is 22.6 Å². The number of allylic oxidation sites excluding steroid dienone is 1. The zero-order valence-corrected chi connectivity index (χ0v) is 11.2. The summed E-state index contributed by atoms with van der Waals surface area (Å²) in [5.41, 5.74) is 2.13. The standard InChI is InChI=1S/C18H18O/c1-13-5-4-8-17(18(13)19)12-14-9-10-15-6-2-3-7-16(15)11-14/h2-3,6-7,9-13H,4-5,8H2,1H3/b17-12+/t13-/m0/s1. The number of hydrogen-bond donors (Lipinski definition) is 0. The summed E-state index contributed by atoms with van der Waals surface area (Å²) in [7, 11) is 0. The smallest absolute Gasteiger partial charge is 0.161 e. The van der Waals surface area contributed by atoms with Gasteiger partial charge in [-0.05, 0) is 53.3 Å². The van der Waals surface area contributed by atoms with E-state index in [1.54, 1.807) is 0 Å². The number of carbonyl (C=O) groups excluding carboxylic acids is 1. The van der Waals surface area contributed by atoms with Crippen molar-refractivity contribution < 1.29 is 4.79 Å². The third-order valence-corrected chi connectivity index (χ3v) is 3.96. The first-order valence-corrected chi connectivity index (χ1v) is 6.97. The second-order valence-electron chi connectivity index (χ2n) is 5.43. The molecule has 1 fully saturated rings. The minimum Gasteiger partial charge on any atom is -0.294 e. The highest BCUT2D eigenvalue weighted by molar-refractivity contribution is 6.01. The van der Waals surface area contributed by atoms with Crippen LogP contribution in [-0.4, -0.2) is 5.78 Å². The molecule has 0 aliphatic heterocycles. The number of rotatable bonds is 1. The maximum absolute atomic E-state index is 12.1. The molecule has 2 aromatic rings. The van der Waals surface area contributed by atoms with Gasteiger partial charge >= 0.3 is 0 Å². The SMILES string of the molecule is C[C@H]1CCC/C(=C\c2ccc3ccccc3c2)C1=O. The number of Topliss-reactive ketones (excluding diaryl/α,β-unsaturated/α-hetero) is 1. The largest absolute Gasteiger partial charge is 0.294 e. The highest BCUT2D eigenvalue weighted by Gasteiger charge is 2.22. The van der Waals surface area contributed by atoms with Crippen LogP contribution in [0.5, 0.6) is 0 Å². The maximum Gasteiger partial charge on any atom is 0.161 e. The zero-order valence-electron chi connectivity index (χ0n) is 11.2. The average Bonchev–Trinajstić information content (AvgIpc) is 2.44. The summed E-state index contributed by atoms with van der Waals surface area (Å²) in [6, 6.07) is 14.7. The molecule has 0 unspecified atom stereocenters. The van der Waals surface area contributed by atoms with Crippen LogP contribution in [0.25, 0.3) is 16.8 Å². The van der Waals surface area contributed by atoms with E-state index in [1.165, 1.54) is 10.8 Å². The molecule has 3 rings (SSSR count). The molecule has 1 aliphatic rings. The van der Waals surface area contributed by atoms with Crippen molar-refractivity contribution in [3.63, 3.8) is 0 Å². The molecule has 0 bridgehead atoms. The molecule has 1 saturated carbocycles. The number of ketones is 1. The monoisotopic (exact) mass is 250 g/mol. The fourth-order valence-corrected chi connectivity index (χ4v) is 2.81. The van der Waals surface area contributed by atoms with E-state index in [0.29, 0.717) is 5.78 Å². The lowest BCUT2D eigenvalue weighted by molar-refractivity contribution is -0.119. The van der Waals surface area contributed by atoms with Gasteiger partial charge < -0.3 is 0 Å². The molecule has 0 radical (unpaired) electrons. The van der Waals surface area contributed by atoms with Gasteiger partial charge in [-0.15, -0.1) is 0 Å². The van der Waals surface area contributed by atoms with E-state index in [2.05, 4.69) is 36.4 Å². The third-order valence-electron chi connectivity index (χ3n) is 3.96. The molecule has 2 aromatic carbocycles. The molecular formula is C18H18O. The molecule has 1 aliphatic carbocycles. The van der Waals surface area contributed by atoms with Crippen molar-refractivity contribution in [3.05, 3.63) is 53.6 Å². The Morgan fingerprint density at radius 2 is 1.89 bits per heavy atom. The van der Waals surface area contributed by atoms with Crippen LogP contribution in [0.1, 0.15) is 31.7 Å². The van der Waals surface area contributed by atoms with E-state index in [1.807, 2.05) is 19.1 Å². The predicted octanol–water partition coefficient (Wildman–Crippen LogP) is 4.61. The lowest BCUT2D eigenvalue weighted by Gasteiger charge is -2.19. The van der Waals surface area contributed by atoms with E-state index < -0.39 is 0 Å². The summed E-state index contributed by atoms with van der Waals surface area (Å²) >= 11 is 0. The average molecular weight is 250 g/mol. The number of hydrogen-bond acceptors (Lipinski definition) is 1. The first-order valence-electron chi connectivity index (χ1n) is 6.97. The summed E-state index contributed by atoms with van der Waals surface area (Å²) in [5, 5.41) is 2.47. The Morgan fingerprint density at radius 1 is 1.11 bits per heavy atom. The van der Waals surface area contributed by atoms with Gasteiger partial charge in [0.2, 0.25) is 0 Å². The van der Waals surface area contributed by atoms with E-state index >= 15 is 0 Å². The minimum atomic E-state index is 0.195. The van der Waals surface area contributed by atoms with Crippen molar-refractivity contribution in [3.8, 4) is 0 Å². The molecular weight excluding hydrogens is 232 g/mol. The summed E-state index contributed by atoms with van der Waals surface area (Å²) in [6.07, 6.45) is 5.17. The topological polar surface area (TPSA) is 17.1 Å². The van der Waals surface area contributed by atoms with E-state index in [-0.39, 0.29) is 5.92 Å². The highest BCUT2D eigenvalue weighted by atomic mass is 16.1. The molecule has 0 amide bonds. The molecule has 19 heavy (non-hydrogen) atoms. The van der Waals surface area contributed by atoms with Crippen molar-refractivity contribution in [1.29, 1.82) is 0 Å². The number of benzene rings is 2. The zero-order chi connectivity index (χ0) is 13.2. The van der Waals surface area contributed by atoms with Crippen LogP contribution >= 0.6 is 0 Å². The van der Waals surface area contributed by atoms with Crippen molar-refractivity contribution in [1.82, 2.24) is 0 Å². The van der Waals surface area contributed by atoms with Gasteiger partial charge in [0, 0.05) is 5.92 Å². The van der Waals surface area contributed by atoms with Gasteiger partial charge in [-0.25, -0.2) is 0 Å². The Bertz CT molecular complexity index is 652. The van der Waals surface area contributed by atoms with E-state index in [0.717, 1.165) is 30.4 Å². The molecule has 0 spiro atoms. The second-order valence-corrected chi connectivity index (χ2v) is 5.43. The number of fused-ring (bicyclic) bond motifs is 1. The normalized spacial score (nSPS) is 22.1. The van der Waals surface area contributed by atoms with Gasteiger partial charge in [-0.2, -0.15) is 0 Å². The van der Waals surface area contributed by atoms with Gasteiger partial charge in [0.05, 0.1) is 0 Å². The molecule has 96 valence electrons. The molecule has 0 saturated heterocycles. The van der Waals surface area contributed by atoms with Gasteiger partial charge in [0.25, 0.3) is 0 Å². The van der Waals surface area contributed by atoms with Crippen molar-refractivity contribution in [2.24, 2.45) is 5.92 Å². The van der Waals surface area contributed by atoms with Crippen LogP contribution < -0.4 is 0 Å². The third kappa shape index (κ3) is 2.46. The molecule has 1 heteroatoms. The lowest BCUT2D eigenvalue weighted by atomic mass is 9.84.